The third-order valence-corrected chi connectivity index (χ3v) is 3.07. The van der Waals surface area contributed by atoms with Gasteiger partial charge in [0.2, 0.25) is 5.09 Å². The second-order valence-corrected chi connectivity index (χ2v) is 5.19. The van der Waals surface area contributed by atoms with Crippen LogP contribution in [0.15, 0.2) is 46.2 Å². The van der Waals surface area contributed by atoms with Crippen LogP contribution in [0.25, 0.3) is 0 Å². The van der Waals surface area contributed by atoms with Gasteiger partial charge >= 0.3 is 0 Å². The van der Waals surface area contributed by atoms with Crippen molar-refractivity contribution in [2.24, 2.45) is 5.14 Å². The average molecular weight is 281 g/mol. The quantitative estimate of drug-likeness (QED) is 0.833. The van der Waals surface area contributed by atoms with Crippen LogP contribution in [-0.2, 0) is 16.6 Å². The lowest BCUT2D eigenvalue weighted by atomic mass is 10.2. The van der Waals surface area contributed by atoms with Crippen molar-refractivity contribution in [3.63, 3.8) is 0 Å². The summed E-state index contributed by atoms with van der Waals surface area (Å²) in [6.45, 7) is 0.284. The lowest BCUT2D eigenvalue weighted by Gasteiger charge is -2.02. The molecule has 0 spiro atoms. The van der Waals surface area contributed by atoms with E-state index in [2.05, 4.69) is 10.3 Å². The zero-order chi connectivity index (χ0) is 13.9. The molecule has 0 atom stereocenters. The lowest BCUT2D eigenvalue weighted by Crippen LogP contribution is -2.22. The van der Waals surface area contributed by atoms with E-state index in [0.717, 1.165) is 11.6 Å². The van der Waals surface area contributed by atoms with Crippen LogP contribution in [0.4, 0.5) is 0 Å². The Morgan fingerprint density at radius 3 is 2.53 bits per heavy atom. The number of aromatic nitrogens is 1. The van der Waals surface area contributed by atoms with E-state index < -0.39 is 21.0 Å². The van der Waals surface area contributed by atoms with Gasteiger partial charge in [0.15, 0.2) is 5.76 Å². The van der Waals surface area contributed by atoms with Crippen LogP contribution in [0.1, 0.15) is 16.1 Å². The van der Waals surface area contributed by atoms with E-state index in [1.165, 1.54) is 6.07 Å². The number of carbonyl (C=O) groups excluding carboxylic acids is 1. The van der Waals surface area contributed by atoms with Gasteiger partial charge in [0.05, 0.1) is 0 Å². The normalized spacial score (nSPS) is 11.2. The van der Waals surface area contributed by atoms with Crippen molar-refractivity contribution in [2.45, 2.75) is 11.6 Å². The third kappa shape index (κ3) is 3.39. The minimum atomic E-state index is -3.94. The average Bonchev–Trinajstić information content (AvgIpc) is 2.87. The fourth-order valence-corrected chi connectivity index (χ4v) is 1.83. The van der Waals surface area contributed by atoms with E-state index in [0.29, 0.717) is 0 Å². The molecule has 3 N–H and O–H groups in total. The second kappa shape index (κ2) is 5.21. The van der Waals surface area contributed by atoms with Crippen LogP contribution in [0.3, 0.4) is 0 Å². The molecule has 7 nitrogen and oxygen atoms in total. The summed E-state index contributed by atoms with van der Waals surface area (Å²) >= 11 is 0. The molecule has 0 unspecified atom stereocenters. The van der Waals surface area contributed by atoms with Crippen molar-refractivity contribution >= 4 is 15.9 Å². The lowest BCUT2D eigenvalue weighted by molar-refractivity contribution is 0.0918. The topological polar surface area (TPSA) is 115 Å². The molecule has 0 radical (unpaired) electrons. The van der Waals surface area contributed by atoms with E-state index in [1.807, 2.05) is 0 Å². The molecular formula is C11H11N3O4S. The molecule has 2 heterocycles. The van der Waals surface area contributed by atoms with Crippen molar-refractivity contribution in [3.8, 4) is 0 Å². The Morgan fingerprint density at radius 2 is 1.95 bits per heavy atom. The highest BCUT2D eigenvalue weighted by atomic mass is 32.2. The minimum absolute atomic E-state index is 0.113. The van der Waals surface area contributed by atoms with E-state index in [-0.39, 0.29) is 12.3 Å². The molecule has 0 aliphatic carbocycles. The molecule has 0 aliphatic rings. The molecular weight excluding hydrogens is 270 g/mol. The molecule has 0 saturated carbocycles. The van der Waals surface area contributed by atoms with Gasteiger partial charge in [-0.05, 0) is 29.8 Å². The number of amides is 1. The van der Waals surface area contributed by atoms with Gasteiger partial charge in [-0.2, -0.15) is 0 Å². The van der Waals surface area contributed by atoms with Crippen molar-refractivity contribution in [3.05, 3.63) is 48.0 Å². The predicted octanol–water partition coefficient (Wildman–Crippen LogP) is 0.252. The van der Waals surface area contributed by atoms with Crippen LogP contribution < -0.4 is 10.5 Å². The number of furan rings is 1. The third-order valence-electron chi connectivity index (χ3n) is 2.29. The maximum absolute atomic E-state index is 11.7. The van der Waals surface area contributed by atoms with Crippen LogP contribution in [-0.4, -0.2) is 19.3 Å². The van der Waals surface area contributed by atoms with Gasteiger partial charge in [-0.1, -0.05) is 0 Å². The van der Waals surface area contributed by atoms with E-state index in [1.54, 1.807) is 24.5 Å². The van der Waals surface area contributed by atoms with Crippen LogP contribution in [0.2, 0.25) is 0 Å². The van der Waals surface area contributed by atoms with Gasteiger partial charge in [-0.25, -0.2) is 13.6 Å². The SMILES string of the molecule is NS(=O)(=O)c1ccc(C(=O)NCc2ccncc2)o1. The highest BCUT2D eigenvalue weighted by Crippen LogP contribution is 2.12. The Labute approximate surface area is 109 Å². The second-order valence-electron chi connectivity index (χ2n) is 3.70. The Bertz CT molecular complexity index is 679. The number of hydrogen-bond donors (Lipinski definition) is 2. The Hall–Kier alpha value is -2.19. The molecule has 0 aromatic carbocycles. The number of sulfonamides is 1. The molecule has 2 aromatic rings. The van der Waals surface area contributed by atoms with Crippen molar-refractivity contribution < 1.29 is 17.6 Å². The summed E-state index contributed by atoms with van der Waals surface area (Å²) in [6, 6.07) is 5.88. The molecule has 100 valence electrons. The highest BCUT2D eigenvalue weighted by Gasteiger charge is 2.17. The first-order valence-electron chi connectivity index (χ1n) is 5.26. The molecule has 0 aliphatic heterocycles. The largest absolute Gasteiger partial charge is 0.438 e. The number of carbonyl (C=O) groups is 1. The number of nitrogens with two attached hydrogens (primary N) is 1. The molecule has 2 aromatic heterocycles. The summed E-state index contributed by atoms with van der Waals surface area (Å²) in [6.07, 6.45) is 3.21. The van der Waals surface area contributed by atoms with Gasteiger partial charge in [0.1, 0.15) is 0 Å². The minimum Gasteiger partial charge on any atom is -0.438 e. The number of primary sulfonamides is 1. The molecule has 1 amide bonds. The smallest absolute Gasteiger partial charge is 0.287 e. The van der Waals surface area contributed by atoms with E-state index >= 15 is 0 Å². The zero-order valence-electron chi connectivity index (χ0n) is 9.74. The Morgan fingerprint density at radius 1 is 1.26 bits per heavy atom. The van der Waals surface area contributed by atoms with Crippen LogP contribution >= 0.6 is 0 Å². The number of hydrogen-bond acceptors (Lipinski definition) is 5. The van der Waals surface area contributed by atoms with Crippen LogP contribution in [0, 0.1) is 0 Å². The summed E-state index contributed by atoms with van der Waals surface area (Å²) in [5.41, 5.74) is 0.863. The molecule has 0 saturated heterocycles. The number of nitrogens with zero attached hydrogens (tertiary/aromatic N) is 1. The number of nitrogens with one attached hydrogen (secondary N) is 1. The summed E-state index contributed by atoms with van der Waals surface area (Å²) in [7, 11) is -3.94. The van der Waals surface area contributed by atoms with Crippen molar-refractivity contribution in [1.29, 1.82) is 0 Å². The first kappa shape index (κ1) is 13.2. The van der Waals surface area contributed by atoms with Gasteiger partial charge in [-0.15, -0.1) is 0 Å². The summed E-state index contributed by atoms with van der Waals surface area (Å²) in [5, 5.41) is 7.02. The fraction of sp³-hybridized carbons (Fsp3) is 0.0909. The van der Waals surface area contributed by atoms with E-state index in [9.17, 15) is 13.2 Å². The van der Waals surface area contributed by atoms with Crippen LogP contribution in [0.5, 0.6) is 0 Å². The summed E-state index contributed by atoms with van der Waals surface area (Å²) in [5.74, 6) is -0.634. The number of rotatable bonds is 4. The number of pyridine rings is 1. The predicted molar refractivity (Wildman–Crippen MR) is 65.5 cm³/mol. The monoisotopic (exact) mass is 281 g/mol. The Balaban J connectivity index is 2.03. The maximum Gasteiger partial charge on any atom is 0.287 e. The van der Waals surface area contributed by atoms with Crippen molar-refractivity contribution in [1.82, 2.24) is 10.3 Å². The van der Waals surface area contributed by atoms with E-state index in [4.69, 9.17) is 9.56 Å². The van der Waals surface area contributed by atoms with Gasteiger partial charge in [0.25, 0.3) is 15.9 Å². The highest BCUT2D eigenvalue weighted by molar-refractivity contribution is 7.89. The molecule has 19 heavy (non-hydrogen) atoms. The fourth-order valence-electron chi connectivity index (χ4n) is 1.37. The first-order valence-corrected chi connectivity index (χ1v) is 6.81. The molecule has 2 rings (SSSR count). The summed E-state index contributed by atoms with van der Waals surface area (Å²) < 4.78 is 26.8. The standard InChI is InChI=1S/C11H11N3O4S/c12-19(16,17)10-2-1-9(18-10)11(15)14-7-8-3-5-13-6-4-8/h1-6H,7H2,(H,14,15)(H2,12,16,17). The zero-order valence-corrected chi connectivity index (χ0v) is 10.6. The Kier molecular flexibility index (Phi) is 3.63. The van der Waals surface area contributed by atoms with Gasteiger partial charge in [-0.3, -0.25) is 9.78 Å². The molecule has 8 heteroatoms. The molecule has 0 fully saturated rings. The first-order chi connectivity index (χ1) is 8.97. The molecule has 0 bridgehead atoms. The maximum atomic E-state index is 11.7. The van der Waals surface area contributed by atoms with Gasteiger partial charge in [0, 0.05) is 18.9 Å². The van der Waals surface area contributed by atoms with Crippen molar-refractivity contribution in [2.75, 3.05) is 0 Å². The summed E-state index contributed by atoms with van der Waals surface area (Å²) in [4.78, 5) is 15.6. The van der Waals surface area contributed by atoms with Gasteiger partial charge < -0.3 is 9.73 Å².